The van der Waals surface area contributed by atoms with E-state index in [2.05, 4.69) is 0 Å². The number of aliphatic hydroxyl groups is 1. The third-order valence-corrected chi connectivity index (χ3v) is 2.90. The van der Waals surface area contributed by atoms with Crippen LogP contribution in [0.4, 0.5) is 4.79 Å². The third-order valence-electron chi connectivity index (χ3n) is 2.25. The molecule has 0 radical (unpaired) electrons. The first kappa shape index (κ1) is 13.4. The summed E-state index contributed by atoms with van der Waals surface area (Å²) in [5.41, 5.74) is 5.57. The maximum atomic E-state index is 10.7. The van der Waals surface area contributed by atoms with E-state index in [0.29, 0.717) is 28.5 Å². The summed E-state index contributed by atoms with van der Waals surface area (Å²) >= 11 is 11.8. The van der Waals surface area contributed by atoms with Crippen molar-refractivity contribution in [2.75, 3.05) is 0 Å². The molecule has 0 aromatic heterocycles. The van der Waals surface area contributed by atoms with Gasteiger partial charge in [0.05, 0.1) is 6.10 Å². The molecule has 0 saturated carbocycles. The van der Waals surface area contributed by atoms with Crippen molar-refractivity contribution in [3.63, 3.8) is 0 Å². The average Bonchev–Trinajstić information content (AvgIpc) is 2.14. The molecule has 0 fully saturated rings. The normalized spacial score (nSPS) is 20.1. The van der Waals surface area contributed by atoms with Crippen molar-refractivity contribution < 1.29 is 14.6 Å². The van der Waals surface area contributed by atoms with Gasteiger partial charge in [-0.15, -0.1) is 0 Å². The number of amides is 1. The number of allylic oxidation sites excluding steroid dienone is 3. The second-order valence-corrected chi connectivity index (χ2v) is 4.46. The van der Waals surface area contributed by atoms with Crippen LogP contribution in [0.5, 0.6) is 0 Å². The number of rotatable bonds is 3. The maximum Gasteiger partial charge on any atom is 0.405 e. The fraction of sp³-hybridized carbons (Fsp3) is 0.500. The molecular formula is C10H13Cl2NO3. The van der Waals surface area contributed by atoms with Gasteiger partial charge < -0.3 is 15.6 Å². The SMILES string of the molecule is CC(O)C(OC(N)=O)C1=C(Cl)C=C(Cl)CC1. The number of aliphatic hydroxyl groups excluding tert-OH is 1. The number of ether oxygens (including phenoxy) is 1. The Kier molecular flexibility index (Phi) is 4.65. The van der Waals surface area contributed by atoms with Crippen LogP contribution in [-0.2, 0) is 4.74 Å². The zero-order valence-electron chi connectivity index (χ0n) is 8.74. The summed E-state index contributed by atoms with van der Waals surface area (Å²) < 4.78 is 4.83. The van der Waals surface area contributed by atoms with Crippen LogP contribution in [0.1, 0.15) is 19.8 Å². The van der Waals surface area contributed by atoms with Gasteiger partial charge in [-0.05, 0) is 31.4 Å². The highest BCUT2D eigenvalue weighted by molar-refractivity contribution is 6.35. The number of hydrogen-bond acceptors (Lipinski definition) is 3. The lowest BCUT2D eigenvalue weighted by Crippen LogP contribution is -2.34. The molecule has 1 aliphatic carbocycles. The summed E-state index contributed by atoms with van der Waals surface area (Å²) in [4.78, 5) is 10.7. The second kappa shape index (κ2) is 5.57. The van der Waals surface area contributed by atoms with Gasteiger partial charge in [0.1, 0.15) is 0 Å². The number of halogens is 2. The second-order valence-electron chi connectivity index (χ2n) is 3.56. The van der Waals surface area contributed by atoms with Crippen LogP contribution in [0.25, 0.3) is 0 Å². The standard InChI is InChI=1S/C10H13Cl2NO3/c1-5(14)9(16-10(13)15)7-3-2-6(11)4-8(7)12/h4-5,9,14H,2-3H2,1H3,(H2,13,15). The molecule has 6 heteroatoms. The highest BCUT2D eigenvalue weighted by Crippen LogP contribution is 2.32. The molecule has 0 heterocycles. The summed E-state index contributed by atoms with van der Waals surface area (Å²) in [5, 5.41) is 10.5. The molecule has 0 spiro atoms. The number of nitrogens with two attached hydrogens (primary N) is 1. The number of primary amides is 1. The lowest BCUT2D eigenvalue weighted by atomic mass is 9.96. The Balaban J connectivity index is 2.94. The molecule has 1 rings (SSSR count). The minimum Gasteiger partial charge on any atom is -0.439 e. The monoisotopic (exact) mass is 265 g/mol. The summed E-state index contributed by atoms with van der Waals surface area (Å²) in [6.07, 6.45) is 0.105. The van der Waals surface area contributed by atoms with E-state index < -0.39 is 18.3 Å². The predicted octanol–water partition coefficient (Wildman–Crippen LogP) is 2.24. The van der Waals surface area contributed by atoms with Gasteiger partial charge >= 0.3 is 6.09 Å². The molecule has 16 heavy (non-hydrogen) atoms. The maximum absolute atomic E-state index is 10.7. The van der Waals surface area contributed by atoms with E-state index in [-0.39, 0.29) is 0 Å². The van der Waals surface area contributed by atoms with Crippen molar-refractivity contribution >= 4 is 29.3 Å². The molecule has 1 amide bonds. The Hall–Kier alpha value is -0.710. The van der Waals surface area contributed by atoms with Gasteiger partial charge in [0.2, 0.25) is 0 Å². The third kappa shape index (κ3) is 3.40. The number of carbonyl (C=O) groups is 1. The van der Waals surface area contributed by atoms with Gasteiger partial charge in [0.25, 0.3) is 0 Å². The first-order valence-corrected chi connectivity index (χ1v) is 5.56. The van der Waals surface area contributed by atoms with Crippen LogP contribution >= 0.6 is 23.2 Å². The number of carbonyl (C=O) groups excluding carboxylic acids is 1. The van der Waals surface area contributed by atoms with Crippen LogP contribution in [0, 0.1) is 0 Å². The minimum absolute atomic E-state index is 0.392. The average molecular weight is 266 g/mol. The van der Waals surface area contributed by atoms with E-state index in [4.69, 9.17) is 33.7 Å². The predicted molar refractivity (Wildman–Crippen MR) is 62.2 cm³/mol. The highest BCUT2D eigenvalue weighted by Gasteiger charge is 2.27. The molecular weight excluding hydrogens is 253 g/mol. The molecule has 2 unspecified atom stereocenters. The van der Waals surface area contributed by atoms with E-state index >= 15 is 0 Å². The highest BCUT2D eigenvalue weighted by atomic mass is 35.5. The molecule has 0 saturated heterocycles. The lowest BCUT2D eigenvalue weighted by Gasteiger charge is -2.25. The van der Waals surface area contributed by atoms with Gasteiger partial charge in [0, 0.05) is 10.1 Å². The van der Waals surface area contributed by atoms with Gasteiger partial charge in [-0.1, -0.05) is 23.2 Å². The molecule has 0 aliphatic heterocycles. The summed E-state index contributed by atoms with van der Waals surface area (Å²) in [5.74, 6) is 0. The largest absolute Gasteiger partial charge is 0.439 e. The van der Waals surface area contributed by atoms with Gasteiger partial charge in [-0.25, -0.2) is 4.79 Å². The molecule has 1 aliphatic rings. The molecule has 3 N–H and O–H groups in total. The van der Waals surface area contributed by atoms with E-state index in [1.165, 1.54) is 6.92 Å². The summed E-state index contributed by atoms with van der Waals surface area (Å²) in [7, 11) is 0. The summed E-state index contributed by atoms with van der Waals surface area (Å²) in [6, 6.07) is 0. The van der Waals surface area contributed by atoms with Crippen LogP contribution in [0.15, 0.2) is 21.7 Å². The van der Waals surface area contributed by atoms with E-state index in [1.54, 1.807) is 6.08 Å². The fourth-order valence-corrected chi connectivity index (χ4v) is 2.13. The first-order chi connectivity index (χ1) is 7.41. The molecule has 0 aromatic rings. The van der Waals surface area contributed by atoms with E-state index in [1.807, 2.05) is 0 Å². The summed E-state index contributed by atoms with van der Waals surface area (Å²) in [6.45, 7) is 1.50. The number of hydrogen-bond donors (Lipinski definition) is 2. The van der Waals surface area contributed by atoms with E-state index in [9.17, 15) is 9.90 Å². The van der Waals surface area contributed by atoms with Gasteiger partial charge in [0.15, 0.2) is 6.10 Å². The Morgan fingerprint density at radius 2 is 2.19 bits per heavy atom. The van der Waals surface area contributed by atoms with Gasteiger partial charge in [-0.3, -0.25) is 0 Å². The molecule has 0 bridgehead atoms. The minimum atomic E-state index is -0.941. The molecule has 4 nitrogen and oxygen atoms in total. The molecule has 2 atom stereocenters. The fourth-order valence-electron chi connectivity index (χ4n) is 1.54. The Bertz CT molecular complexity index is 350. The Morgan fingerprint density at radius 3 is 2.62 bits per heavy atom. The topological polar surface area (TPSA) is 72.6 Å². The van der Waals surface area contributed by atoms with Crippen molar-refractivity contribution in [1.82, 2.24) is 0 Å². The smallest absolute Gasteiger partial charge is 0.405 e. The van der Waals surface area contributed by atoms with E-state index in [0.717, 1.165) is 0 Å². The lowest BCUT2D eigenvalue weighted by molar-refractivity contribution is 0.0341. The van der Waals surface area contributed by atoms with Crippen LogP contribution in [0.3, 0.4) is 0 Å². The first-order valence-electron chi connectivity index (χ1n) is 4.80. The quantitative estimate of drug-likeness (QED) is 0.822. The van der Waals surface area contributed by atoms with Gasteiger partial charge in [-0.2, -0.15) is 0 Å². The van der Waals surface area contributed by atoms with Crippen LogP contribution in [0.2, 0.25) is 0 Å². The van der Waals surface area contributed by atoms with Crippen molar-refractivity contribution in [1.29, 1.82) is 0 Å². The van der Waals surface area contributed by atoms with Crippen LogP contribution < -0.4 is 5.73 Å². The Morgan fingerprint density at radius 1 is 1.56 bits per heavy atom. The molecule has 90 valence electrons. The van der Waals surface area contributed by atoms with Crippen molar-refractivity contribution in [3.8, 4) is 0 Å². The molecule has 0 aromatic carbocycles. The van der Waals surface area contributed by atoms with Crippen LogP contribution in [-0.4, -0.2) is 23.4 Å². The van der Waals surface area contributed by atoms with Crippen molar-refractivity contribution in [2.45, 2.75) is 32.0 Å². The zero-order valence-corrected chi connectivity index (χ0v) is 10.3. The Labute approximate surface area is 104 Å². The van der Waals surface area contributed by atoms with Crippen molar-refractivity contribution in [2.24, 2.45) is 5.73 Å². The van der Waals surface area contributed by atoms with Crippen molar-refractivity contribution in [3.05, 3.63) is 21.7 Å². The zero-order chi connectivity index (χ0) is 12.3.